The normalized spacial score (nSPS) is 10.9. The van der Waals surface area contributed by atoms with Gasteiger partial charge in [0.2, 0.25) is 0 Å². The predicted molar refractivity (Wildman–Crippen MR) is 42.3 cm³/mol. The molecule has 0 aromatic heterocycles. The molecule has 0 aromatic rings. The molecule has 0 N–H and O–H groups in total. The standard InChI is InChI=1S/CH3Cl.3BF4/c1-2;3*2-1(3,4)5/h1H3;;;/q;3*-1. The molecule has 0 saturated carbocycles. The Labute approximate surface area is 92.6 Å². The minimum absolute atomic E-state index is 1.47. The number of hydrogen-bond donors (Lipinski definition) is 0. The highest BCUT2D eigenvalue weighted by Crippen LogP contribution is 2.07. The Morgan fingerprint density at radius 2 is 0.412 bits per heavy atom. The van der Waals surface area contributed by atoms with Crippen LogP contribution in [0, 0.1) is 0 Å². The quantitative estimate of drug-likeness (QED) is 0.344. The lowest BCUT2D eigenvalue weighted by Crippen LogP contribution is -2.02. The van der Waals surface area contributed by atoms with Crippen LogP contribution in [0.5, 0.6) is 0 Å². The van der Waals surface area contributed by atoms with Crippen molar-refractivity contribution in [1.29, 1.82) is 0 Å². The van der Waals surface area contributed by atoms with E-state index in [-0.39, 0.29) is 0 Å². The highest BCUT2D eigenvalue weighted by atomic mass is 35.5. The fourth-order valence-corrected chi connectivity index (χ4v) is 0. The average molecular weight is 311 g/mol. The highest BCUT2D eigenvalue weighted by Gasteiger charge is 2.21. The first-order valence-electron chi connectivity index (χ1n) is 3.00. The van der Waals surface area contributed by atoms with E-state index in [1.807, 2.05) is 0 Å². The minimum atomic E-state index is -6.00. The van der Waals surface area contributed by atoms with Gasteiger partial charge in [0.1, 0.15) is 0 Å². The van der Waals surface area contributed by atoms with Gasteiger partial charge in [-0.25, -0.2) is 0 Å². The van der Waals surface area contributed by atoms with E-state index in [0.717, 1.165) is 0 Å². The van der Waals surface area contributed by atoms with Crippen molar-refractivity contribution in [1.82, 2.24) is 0 Å². The summed E-state index contributed by atoms with van der Waals surface area (Å²) in [6.45, 7) is 0. The van der Waals surface area contributed by atoms with E-state index in [1.165, 1.54) is 6.38 Å². The topological polar surface area (TPSA) is 0 Å². The predicted octanol–water partition coefficient (Wildman–Crippen LogP) is 4.76. The first-order chi connectivity index (χ1) is 7.00. The second-order valence-electron chi connectivity index (χ2n) is 1.48. The lowest BCUT2D eigenvalue weighted by Gasteiger charge is -1.94. The molecular formula is CH3B3ClF12-3. The van der Waals surface area contributed by atoms with Crippen LogP contribution in [0.1, 0.15) is 0 Å². The van der Waals surface area contributed by atoms with Crippen molar-refractivity contribution in [2.75, 3.05) is 6.38 Å². The summed E-state index contributed by atoms with van der Waals surface area (Å²) in [6, 6.07) is 0. The molecule has 0 bridgehead atoms. The third kappa shape index (κ3) is 23100. The number of halogens is 13. The van der Waals surface area contributed by atoms with E-state index in [4.69, 9.17) is 0 Å². The van der Waals surface area contributed by atoms with Gasteiger partial charge in [0, 0.05) is 6.38 Å². The van der Waals surface area contributed by atoms with Crippen molar-refractivity contribution in [3.8, 4) is 0 Å². The summed E-state index contributed by atoms with van der Waals surface area (Å²) < 4.78 is 117. The van der Waals surface area contributed by atoms with Crippen LogP contribution >= 0.6 is 11.6 Å². The molecule has 0 atom stereocenters. The molecule has 0 spiro atoms. The van der Waals surface area contributed by atoms with Crippen LogP contribution in [0.3, 0.4) is 0 Å². The summed E-state index contributed by atoms with van der Waals surface area (Å²) in [4.78, 5) is 0. The van der Waals surface area contributed by atoms with E-state index in [0.29, 0.717) is 0 Å². The number of rotatable bonds is 0. The molecule has 0 radical (unpaired) electrons. The van der Waals surface area contributed by atoms with Crippen LogP contribution < -0.4 is 0 Å². The van der Waals surface area contributed by atoms with Crippen molar-refractivity contribution >= 4 is 33.4 Å². The summed E-state index contributed by atoms with van der Waals surface area (Å²) in [7, 11) is -18.0. The summed E-state index contributed by atoms with van der Waals surface area (Å²) in [6.07, 6.45) is 1.47. The van der Waals surface area contributed by atoms with Gasteiger partial charge >= 0.3 is 21.8 Å². The zero-order valence-corrected chi connectivity index (χ0v) is 8.40. The second-order valence-corrected chi connectivity index (χ2v) is 1.48. The Bertz CT molecular complexity index is 96.8. The molecule has 110 valence electrons. The fraction of sp³-hybridized carbons (Fsp3) is 1.00. The van der Waals surface area contributed by atoms with Gasteiger partial charge < -0.3 is 51.8 Å². The molecule has 16 heteroatoms. The lowest BCUT2D eigenvalue weighted by atomic mass is 10.3. The van der Waals surface area contributed by atoms with Gasteiger partial charge in [0.05, 0.1) is 0 Å². The second kappa shape index (κ2) is 10.8. The van der Waals surface area contributed by atoms with Gasteiger partial charge in [-0.1, -0.05) is 0 Å². The van der Waals surface area contributed by atoms with E-state index in [9.17, 15) is 51.8 Å². The van der Waals surface area contributed by atoms with Crippen LogP contribution in [0.25, 0.3) is 0 Å². The molecule has 0 fully saturated rings. The zero-order chi connectivity index (χ0) is 15.5. The van der Waals surface area contributed by atoms with Gasteiger partial charge in [0.25, 0.3) is 0 Å². The molecule has 0 rings (SSSR count). The van der Waals surface area contributed by atoms with E-state index < -0.39 is 21.8 Å². The van der Waals surface area contributed by atoms with Gasteiger partial charge in [-0.05, 0) is 0 Å². The van der Waals surface area contributed by atoms with E-state index >= 15 is 0 Å². The zero-order valence-electron chi connectivity index (χ0n) is 7.65. The van der Waals surface area contributed by atoms with Crippen molar-refractivity contribution in [3.05, 3.63) is 0 Å². The molecular weight excluding hydrogens is 308 g/mol. The smallest absolute Gasteiger partial charge is 0.418 e. The van der Waals surface area contributed by atoms with Crippen molar-refractivity contribution in [2.45, 2.75) is 0 Å². The highest BCUT2D eigenvalue weighted by molar-refractivity contribution is 6.50. The van der Waals surface area contributed by atoms with Crippen molar-refractivity contribution in [2.24, 2.45) is 0 Å². The summed E-state index contributed by atoms with van der Waals surface area (Å²) in [5, 5.41) is 0. The van der Waals surface area contributed by atoms with Crippen LogP contribution in [0.15, 0.2) is 0 Å². The maximum absolute atomic E-state index is 9.75. The van der Waals surface area contributed by atoms with Gasteiger partial charge in [-0.15, -0.1) is 11.6 Å². The Morgan fingerprint density at radius 3 is 0.412 bits per heavy atom. The van der Waals surface area contributed by atoms with Crippen LogP contribution in [0.2, 0.25) is 0 Å². The van der Waals surface area contributed by atoms with Crippen LogP contribution in [-0.4, -0.2) is 28.1 Å². The van der Waals surface area contributed by atoms with Gasteiger partial charge in [-0.3, -0.25) is 0 Å². The molecule has 0 saturated heterocycles. The monoisotopic (exact) mass is 311 g/mol. The first-order valence-corrected chi connectivity index (χ1v) is 3.75. The molecule has 0 aliphatic carbocycles. The maximum atomic E-state index is 9.75. The Morgan fingerprint density at radius 1 is 0.412 bits per heavy atom. The SMILES string of the molecule is CCl.F[B-](F)(F)F.F[B-](F)(F)F.F[B-](F)(F)F. The van der Waals surface area contributed by atoms with Crippen molar-refractivity contribution in [3.63, 3.8) is 0 Å². The fourth-order valence-electron chi connectivity index (χ4n) is 0. The summed E-state index contributed by atoms with van der Waals surface area (Å²) in [5.74, 6) is 0. The molecule has 0 heterocycles. The maximum Gasteiger partial charge on any atom is 0.673 e. The average Bonchev–Trinajstić information content (AvgIpc) is 1.77. The Hall–Kier alpha value is -0.355. The summed E-state index contributed by atoms with van der Waals surface area (Å²) in [5.41, 5.74) is 0. The molecule has 0 aliphatic rings. The Balaban J connectivity index is -0.0000000693. The molecule has 0 aliphatic heterocycles. The Kier molecular flexibility index (Phi) is 16.2. The van der Waals surface area contributed by atoms with Crippen LogP contribution in [0.4, 0.5) is 51.8 Å². The lowest BCUT2D eigenvalue weighted by molar-refractivity contribution is 0.366. The number of alkyl halides is 1. The third-order valence-corrected chi connectivity index (χ3v) is 0. The van der Waals surface area contributed by atoms with Gasteiger partial charge in [-0.2, -0.15) is 0 Å². The molecule has 0 nitrogen and oxygen atoms in total. The van der Waals surface area contributed by atoms with Gasteiger partial charge in [0.15, 0.2) is 0 Å². The molecule has 0 amide bonds. The molecule has 0 aromatic carbocycles. The summed E-state index contributed by atoms with van der Waals surface area (Å²) >= 11 is 4.64. The van der Waals surface area contributed by atoms with E-state index in [2.05, 4.69) is 11.6 Å². The first kappa shape index (κ1) is 25.5. The van der Waals surface area contributed by atoms with Crippen molar-refractivity contribution < 1.29 is 51.8 Å². The number of hydrogen-bond acceptors (Lipinski definition) is 0. The molecule has 17 heavy (non-hydrogen) atoms. The minimum Gasteiger partial charge on any atom is -0.418 e. The van der Waals surface area contributed by atoms with Crippen LogP contribution in [-0.2, 0) is 0 Å². The largest absolute Gasteiger partial charge is 0.673 e. The van der Waals surface area contributed by atoms with E-state index in [1.54, 1.807) is 0 Å². The third-order valence-electron chi connectivity index (χ3n) is 0. The molecule has 0 unspecified atom stereocenters.